The summed E-state index contributed by atoms with van der Waals surface area (Å²) >= 11 is 1.65. The lowest BCUT2D eigenvalue weighted by molar-refractivity contribution is -0.117. The number of amides is 2. The first-order valence-electron chi connectivity index (χ1n) is 8.70. The molecule has 146 valence electrons. The van der Waals surface area contributed by atoms with Gasteiger partial charge in [0.05, 0.1) is 35.3 Å². The summed E-state index contributed by atoms with van der Waals surface area (Å²) in [4.78, 5) is 28.9. The summed E-state index contributed by atoms with van der Waals surface area (Å²) in [6, 6.07) is 12.8. The molecular weight excluding hydrogens is 376 g/mol. The molecule has 0 bridgehead atoms. The Morgan fingerprint density at radius 1 is 1.14 bits per heavy atom. The lowest BCUT2D eigenvalue weighted by atomic mass is 10.2. The topological polar surface area (TPSA) is 85.3 Å². The molecule has 2 aromatic carbocycles. The van der Waals surface area contributed by atoms with Gasteiger partial charge in [-0.05, 0) is 30.5 Å². The van der Waals surface area contributed by atoms with Gasteiger partial charge in [-0.15, -0.1) is 0 Å². The number of hydrogen-bond acceptors (Lipinski definition) is 5. The van der Waals surface area contributed by atoms with E-state index >= 15 is 0 Å². The number of thioether (sulfide) groups is 1. The van der Waals surface area contributed by atoms with E-state index in [9.17, 15) is 9.59 Å². The second kappa shape index (κ2) is 8.79. The Labute approximate surface area is 167 Å². The van der Waals surface area contributed by atoms with Crippen molar-refractivity contribution < 1.29 is 14.3 Å². The number of ether oxygens (including phenoxy) is 1. The molecule has 0 aliphatic rings. The van der Waals surface area contributed by atoms with Gasteiger partial charge in [0.25, 0.3) is 0 Å². The molecule has 28 heavy (non-hydrogen) atoms. The molecule has 2 N–H and O–H groups in total. The van der Waals surface area contributed by atoms with Crippen molar-refractivity contribution in [3.05, 3.63) is 48.3 Å². The number of rotatable bonds is 7. The van der Waals surface area contributed by atoms with Gasteiger partial charge >= 0.3 is 0 Å². The molecule has 0 fully saturated rings. The van der Waals surface area contributed by atoms with Crippen LogP contribution >= 0.6 is 11.8 Å². The number of carbonyl (C=O) groups excluding carboxylic acids is 2. The third-order valence-electron chi connectivity index (χ3n) is 4.12. The van der Waals surface area contributed by atoms with Gasteiger partial charge < -0.3 is 19.9 Å². The van der Waals surface area contributed by atoms with Crippen LogP contribution in [0.4, 0.5) is 11.4 Å². The zero-order valence-electron chi connectivity index (χ0n) is 16.0. The average Bonchev–Trinajstić information content (AvgIpc) is 3.00. The molecule has 3 rings (SSSR count). The highest BCUT2D eigenvalue weighted by molar-refractivity contribution is 7.97. The highest BCUT2D eigenvalue weighted by atomic mass is 32.2. The van der Waals surface area contributed by atoms with E-state index in [0.29, 0.717) is 22.9 Å². The normalized spacial score (nSPS) is 10.7. The van der Waals surface area contributed by atoms with Crippen LogP contribution in [0.3, 0.4) is 0 Å². The number of imidazole rings is 1. The number of nitrogens with one attached hydrogen (secondary N) is 2. The van der Waals surface area contributed by atoms with E-state index in [1.165, 1.54) is 6.92 Å². The van der Waals surface area contributed by atoms with Gasteiger partial charge in [0.15, 0.2) is 0 Å². The first kappa shape index (κ1) is 19.8. The molecule has 0 atom stereocenters. The van der Waals surface area contributed by atoms with Crippen LogP contribution in [0.2, 0.25) is 0 Å². The highest BCUT2D eigenvalue weighted by Gasteiger charge is 2.15. The maximum atomic E-state index is 12.8. The maximum Gasteiger partial charge on any atom is 0.244 e. The van der Waals surface area contributed by atoms with Gasteiger partial charge in [0, 0.05) is 13.0 Å². The van der Waals surface area contributed by atoms with Crippen molar-refractivity contribution in [2.75, 3.05) is 24.0 Å². The summed E-state index contributed by atoms with van der Waals surface area (Å²) in [6.45, 7) is 1.54. The summed E-state index contributed by atoms with van der Waals surface area (Å²) in [5.41, 5.74) is 2.77. The lowest BCUT2D eigenvalue weighted by Crippen LogP contribution is -2.21. The van der Waals surface area contributed by atoms with E-state index in [0.717, 1.165) is 16.9 Å². The van der Waals surface area contributed by atoms with E-state index in [1.807, 2.05) is 35.1 Å². The molecule has 0 saturated carbocycles. The van der Waals surface area contributed by atoms with Crippen molar-refractivity contribution in [1.29, 1.82) is 0 Å². The molecule has 1 heterocycles. The molecule has 8 heteroatoms. The minimum absolute atomic E-state index is 0.118. The predicted molar refractivity (Wildman–Crippen MR) is 113 cm³/mol. The van der Waals surface area contributed by atoms with Crippen LogP contribution in [0.1, 0.15) is 12.7 Å². The number of para-hydroxylation sites is 2. The van der Waals surface area contributed by atoms with Crippen molar-refractivity contribution in [2.24, 2.45) is 0 Å². The molecular formula is C20H22N4O3S. The molecule has 1 aromatic heterocycles. The SMILES string of the molecule is COc1ccc(NC(C)=O)c(NC(=O)Cn2c(CSC)nc3ccccc32)c1. The summed E-state index contributed by atoms with van der Waals surface area (Å²) in [5, 5.41) is 5.59. The van der Waals surface area contributed by atoms with Gasteiger partial charge in [-0.25, -0.2) is 4.98 Å². The van der Waals surface area contributed by atoms with Crippen molar-refractivity contribution in [3.8, 4) is 5.75 Å². The Balaban J connectivity index is 1.88. The van der Waals surface area contributed by atoms with E-state index in [1.54, 1.807) is 37.1 Å². The first-order valence-corrected chi connectivity index (χ1v) is 10.1. The zero-order valence-corrected chi connectivity index (χ0v) is 16.8. The van der Waals surface area contributed by atoms with Crippen LogP contribution in [0.15, 0.2) is 42.5 Å². The standard InChI is InChI=1S/C20H22N4O3S/c1-13(25)21-15-9-8-14(27-2)10-17(15)23-20(26)11-24-18-7-5-4-6-16(18)22-19(24)12-28-3/h4-10H,11-12H2,1-3H3,(H,21,25)(H,23,26). The maximum absolute atomic E-state index is 12.8. The molecule has 0 saturated heterocycles. The van der Waals surface area contributed by atoms with Gasteiger partial charge in [0.1, 0.15) is 18.1 Å². The van der Waals surface area contributed by atoms with Crippen molar-refractivity contribution in [3.63, 3.8) is 0 Å². The first-order chi connectivity index (χ1) is 13.5. The lowest BCUT2D eigenvalue weighted by Gasteiger charge is -2.14. The number of benzene rings is 2. The number of hydrogen-bond donors (Lipinski definition) is 2. The molecule has 0 unspecified atom stereocenters. The largest absolute Gasteiger partial charge is 0.497 e. The number of carbonyl (C=O) groups is 2. The Bertz CT molecular complexity index is 1020. The molecule has 0 spiro atoms. The van der Waals surface area contributed by atoms with E-state index in [2.05, 4.69) is 15.6 Å². The van der Waals surface area contributed by atoms with E-state index in [-0.39, 0.29) is 18.4 Å². The van der Waals surface area contributed by atoms with Crippen molar-refractivity contribution in [1.82, 2.24) is 9.55 Å². The molecule has 0 aliphatic carbocycles. The molecule has 7 nitrogen and oxygen atoms in total. The van der Waals surface area contributed by atoms with Crippen molar-refractivity contribution >= 4 is 46.0 Å². The number of anilines is 2. The van der Waals surface area contributed by atoms with Crippen molar-refractivity contribution in [2.45, 2.75) is 19.2 Å². The smallest absolute Gasteiger partial charge is 0.244 e. The molecule has 2 amide bonds. The fourth-order valence-electron chi connectivity index (χ4n) is 2.93. The van der Waals surface area contributed by atoms with E-state index < -0.39 is 0 Å². The zero-order chi connectivity index (χ0) is 20.1. The van der Waals surface area contributed by atoms with Crippen LogP contribution in [0, 0.1) is 0 Å². The monoisotopic (exact) mass is 398 g/mol. The predicted octanol–water partition coefficient (Wildman–Crippen LogP) is 3.51. The van der Waals surface area contributed by atoms with Gasteiger partial charge in [-0.3, -0.25) is 9.59 Å². The average molecular weight is 398 g/mol. The Hall–Kier alpha value is -3.00. The summed E-state index contributed by atoms with van der Waals surface area (Å²) < 4.78 is 7.15. The van der Waals surface area contributed by atoms with Crippen LogP contribution in [0.5, 0.6) is 5.75 Å². The molecule has 0 aliphatic heterocycles. The van der Waals surface area contributed by atoms with Gasteiger partial charge in [-0.1, -0.05) is 12.1 Å². The van der Waals surface area contributed by atoms with Crippen LogP contribution in [-0.4, -0.2) is 34.7 Å². The second-order valence-corrected chi connectivity index (χ2v) is 7.04. The highest BCUT2D eigenvalue weighted by Crippen LogP contribution is 2.27. The minimum Gasteiger partial charge on any atom is -0.497 e. The number of nitrogens with zero attached hydrogens (tertiary/aromatic N) is 2. The van der Waals surface area contributed by atoms with Crippen LogP contribution < -0.4 is 15.4 Å². The van der Waals surface area contributed by atoms with Gasteiger partial charge in [-0.2, -0.15) is 11.8 Å². The van der Waals surface area contributed by atoms with E-state index in [4.69, 9.17) is 4.74 Å². The number of methoxy groups -OCH3 is 1. The number of aromatic nitrogens is 2. The fraction of sp³-hybridized carbons (Fsp3) is 0.250. The number of fused-ring (bicyclic) bond motifs is 1. The third-order valence-corrected chi connectivity index (χ3v) is 4.67. The molecule has 3 aromatic rings. The third kappa shape index (κ3) is 4.45. The van der Waals surface area contributed by atoms with Crippen LogP contribution in [-0.2, 0) is 21.9 Å². The summed E-state index contributed by atoms with van der Waals surface area (Å²) in [6.07, 6.45) is 2.00. The minimum atomic E-state index is -0.219. The Morgan fingerprint density at radius 3 is 2.64 bits per heavy atom. The second-order valence-electron chi connectivity index (χ2n) is 6.18. The Morgan fingerprint density at radius 2 is 1.93 bits per heavy atom. The van der Waals surface area contributed by atoms with Crippen LogP contribution in [0.25, 0.3) is 11.0 Å². The summed E-state index contributed by atoms with van der Waals surface area (Å²) in [5.74, 6) is 1.70. The fourth-order valence-corrected chi connectivity index (χ4v) is 3.41. The van der Waals surface area contributed by atoms with Gasteiger partial charge in [0.2, 0.25) is 11.8 Å². The molecule has 0 radical (unpaired) electrons. The summed E-state index contributed by atoms with van der Waals surface area (Å²) in [7, 11) is 1.55. The quantitative estimate of drug-likeness (QED) is 0.636. The Kier molecular flexibility index (Phi) is 6.20.